The summed E-state index contributed by atoms with van der Waals surface area (Å²) in [5.74, 6) is 0.753. The molecule has 0 saturated carbocycles. The lowest BCUT2D eigenvalue weighted by Gasteiger charge is -2.28. The minimum Gasteiger partial charge on any atom is -0.459 e. The van der Waals surface area contributed by atoms with Crippen LogP contribution in [0.25, 0.3) is 17.0 Å². The number of phosphoric acid groups is 1. The number of aryl methyl sites for hydroxylation is 2. The Bertz CT molecular complexity index is 1360. The van der Waals surface area contributed by atoms with Gasteiger partial charge in [-0.05, 0) is 42.7 Å². The number of amides is 2. The number of furan rings is 1. The van der Waals surface area contributed by atoms with Crippen LogP contribution in [0, 0.1) is 6.92 Å². The Labute approximate surface area is 209 Å². The Balaban J connectivity index is 1.44. The highest BCUT2D eigenvalue weighted by Crippen LogP contribution is 2.48. The molecule has 2 aromatic heterocycles. The third-order valence-corrected chi connectivity index (χ3v) is 7.37. The van der Waals surface area contributed by atoms with Crippen LogP contribution < -0.4 is 4.90 Å². The fourth-order valence-corrected chi connectivity index (χ4v) is 4.56. The van der Waals surface area contributed by atoms with Gasteiger partial charge in [-0.25, -0.2) is 9.55 Å². The quantitative estimate of drug-likeness (QED) is 0.305. The van der Waals surface area contributed by atoms with Gasteiger partial charge in [-0.1, -0.05) is 18.2 Å². The standard InChI is InChI=1S/C25H28N3O7P/c1-17-20-7-5-6-8-21(20)35-22(17)15-27(2)23(29)11-9-18-13-19-10-12-24(30)28(25(19)26-14-18)16-34-36(31,32-3)33-4/h5-9,11,13-14H,10,12,15-16H2,1-4H3/b11-9+. The highest BCUT2D eigenvalue weighted by Gasteiger charge is 2.30. The molecule has 0 unspecified atom stereocenters. The molecule has 36 heavy (non-hydrogen) atoms. The second-order valence-corrected chi connectivity index (χ2v) is 10.2. The van der Waals surface area contributed by atoms with Crippen LogP contribution in [0.15, 0.2) is 47.0 Å². The first-order valence-corrected chi connectivity index (χ1v) is 12.8. The van der Waals surface area contributed by atoms with Gasteiger partial charge < -0.3 is 9.32 Å². The summed E-state index contributed by atoms with van der Waals surface area (Å²) in [5, 5.41) is 1.04. The minimum atomic E-state index is -3.75. The second kappa shape index (κ2) is 10.8. The van der Waals surface area contributed by atoms with Gasteiger partial charge in [0.15, 0.2) is 0 Å². The zero-order chi connectivity index (χ0) is 25.9. The van der Waals surface area contributed by atoms with E-state index in [2.05, 4.69) is 4.98 Å². The predicted molar refractivity (Wildman–Crippen MR) is 134 cm³/mol. The average Bonchev–Trinajstić information content (AvgIpc) is 3.21. The number of likely N-dealkylation sites (N-methyl/N-ethyl adjacent to an activating group) is 1. The monoisotopic (exact) mass is 513 g/mol. The first-order valence-electron chi connectivity index (χ1n) is 11.3. The van der Waals surface area contributed by atoms with Crippen molar-refractivity contribution >= 4 is 42.5 Å². The Kier molecular flexibility index (Phi) is 7.70. The van der Waals surface area contributed by atoms with Gasteiger partial charge in [-0.3, -0.25) is 28.1 Å². The summed E-state index contributed by atoms with van der Waals surface area (Å²) in [5.41, 5.74) is 3.34. The van der Waals surface area contributed by atoms with Crippen molar-refractivity contribution in [1.82, 2.24) is 9.88 Å². The molecule has 0 bridgehead atoms. The Morgan fingerprint density at radius 2 is 2.00 bits per heavy atom. The molecular formula is C25H28N3O7P. The highest BCUT2D eigenvalue weighted by atomic mass is 31.2. The number of hydrogen-bond acceptors (Lipinski definition) is 8. The van der Waals surface area contributed by atoms with Crippen molar-refractivity contribution in [1.29, 1.82) is 0 Å². The van der Waals surface area contributed by atoms with Crippen LogP contribution in [0.1, 0.15) is 28.9 Å². The first kappa shape index (κ1) is 25.8. The van der Waals surface area contributed by atoms with Gasteiger partial charge in [-0.15, -0.1) is 0 Å². The number of para-hydroxylation sites is 1. The molecule has 1 aliphatic rings. The summed E-state index contributed by atoms with van der Waals surface area (Å²) in [6.45, 7) is 2.00. The molecule has 1 aromatic carbocycles. The maximum absolute atomic E-state index is 12.7. The maximum atomic E-state index is 12.7. The SMILES string of the molecule is COP(=O)(OC)OCN1C(=O)CCc2cc(/C=C/C(=O)N(C)Cc3oc4ccccc4c3C)cnc21. The van der Waals surface area contributed by atoms with Crippen molar-refractivity contribution in [3.05, 3.63) is 65.1 Å². The molecular weight excluding hydrogens is 485 g/mol. The summed E-state index contributed by atoms with van der Waals surface area (Å²) >= 11 is 0. The lowest BCUT2D eigenvalue weighted by molar-refractivity contribution is -0.125. The van der Waals surface area contributed by atoms with Crippen LogP contribution in [0.5, 0.6) is 0 Å². The zero-order valence-electron chi connectivity index (χ0n) is 20.6. The fraction of sp³-hybridized carbons (Fsp3) is 0.320. The van der Waals surface area contributed by atoms with Crippen LogP contribution in [0.4, 0.5) is 5.82 Å². The van der Waals surface area contributed by atoms with Crippen molar-refractivity contribution < 1.29 is 32.1 Å². The van der Waals surface area contributed by atoms with Crippen LogP contribution in [-0.4, -0.2) is 49.7 Å². The maximum Gasteiger partial charge on any atom is 0.475 e. The highest BCUT2D eigenvalue weighted by molar-refractivity contribution is 7.48. The minimum absolute atomic E-state index is 0.187. The summed E-state index contributed by atoms with van der Waals surface area (Å²) in [6, 6.07) is 9.64. The molecule has 0 fully saturated rings. The molecule has 0 radical (unpaired) electrons. The van der Waals surface area contributed by atoms with Crippen LogP contribution in [0.2, 0.25) is 0 Å². The molecule has 0 aliphatic carbocycles. The number of nitrogens with zero attached hydrogens (tertiary/aromatic N) is 3. The lowest BCUT2D eigenvalue weighted by Crippen LogP contribution is -2.37. The van der Waals surface area contributed by atoms with E-state index >= 15 is 0 Å². The van der Waals surface area contributed by atoms with Crippen molar-refractivity contribution in [3.8, 4) is 0 Å². The van der Waals surface area contributed by atoms with Crippen molar-refractivity contribution in [2.24, 2.45) is 0 Å². The van der Waals surface area contributed by atoms with E-state index in [1.165, 1.54) is 25.2 Å². The molecule has 1 aliphatic heterocycles. The molecule has 0 atom stereocenters. The smallest absolute Gasteiger partial charge is 0.459 e. The topological polar surface area (TPSA) is 111 Å². The van der Waals surface area contributed by atoms with E-state index in [1.54, 1.807) is 24.2 Å². The van der Waals surface area contributed by atoms with Crippen LogP contribution >= 0.6 is 7.82 Å². The van der Waals surface area contributed by atoms with Crippen LogP contribution in [-0.2, 0) is 40.7 Å². The number of pyridine rings is 1. The number of carbonyl (C=O) groups excluding carboxylic acids is 2. The molecule has 0 N–H and O–H groups in total. The number of anilines is 1. The van der Waals surface area contributed by atoms with Gasteiger partial charge in [0.25, 0.3) is 0 Å². The second-order valence-electron chi connectivity index (χ2n) is 8.32. The fourth-order valence-electron chi connectivity index (χ4n) is 3.94. The number of fused-ring (bicyclic) bond motifs is 2. The van der Waals surface area contributed by atoms with E-state index in [0.717, 1.165) is 27.9 Å². The van der Waals surface area contributed by atoms with Crippen molar-refractivity contribution in [2.45, 2.75) is 26.3 Å². The molecule has 10 nitrogen and oxygen atoms in total. The van der Waals surface area contributed by atoms with E-state index in [4.69, 9.17) is 18.0 Å². The number of rotatable bonds is 9. The number of aromatic nitrogens is 1. The summed E-state index contributed by atoms with van der Waals surface area (Å²) in [4.78, 5) is 32.4. The lowest BCUT2D eigenvalue weighted by atomic mass is 10.0. The molecule has 3 heterocycles. The van der Waals surface area contributed by atoms with Gasteiger partial charge in [0.1, 0.15) is 23.9 Å². The summed E-state index contributed by atoms with van der Waals surface area (Å²) < 4.78 is 32.8. The third-order valence-electron chi connectivity index (χ3n) is 6.04. The van der Waals surface area contributed by atoms with Gasteiger partial charge >= 0.3 is 7.82 Å². The van der Waals surface area contributed by atoms with E-state index in [1.807, 2.05) is 37.3 Å². The Morgan fingerprint density at radius 3 is 2.72 bits per heavy atom. The Morgan fingerprint density at radius 1 is 1.25 bits per heavy atom. The number of benzene rings is 1. The van der Waals surface area contributed by atoms with Gasteiger partial charge in [0.2, 0.25) is 11.8 Å². The summed E-state index contributed by atoms with van der Waals surface area (Å²) in [7, 11) is 0.365. The molecule has 190 valence electrons. The number of phosphoric ester groups is 1. The zero-order valence-corrected chi connectivity index (χ0v) is 21.5. The van der Waals surface area contributed by atoms with Crippen LogP contribution in [0.3, 0.4) is 0 Å². The molecule has 0 spiro atoms. The predicted octanol–water partition coefficient (Wildman–Crippen LogP) is 4.46. The van der Waals surface area contributed by atoms with Crippen molar-refractivity contribution in [2.75, 3.05) is 32.9 Å². The number of carbonyl (C=O) groups is 2. The van der Waals surface area contributed by atoms with E-state index in [-0.39, 0.29) is 25.0 Å². The molecule has 2 amide bonds. The van der Waals surface area contributed by atoms with Gasteiger partial charge in [0.05, 0.1) is 6.54 Å². The van der Waals surface area contributed by atoms with Gasteiger partial charge in [-0.2, -0.15) is 0 Å². The number of hydrogen-bond donors (Lipinski definition) is 0. The largest absolute Gasteiger partial charge is 0.475 e. The first-order chi connectivity index (χ1) is 17.2. The molecule has 0 saturated heterocycles. The Hall–Kier alpha value is -3.30. The third kappa shape index (κ3) is 5.42. The molecule has 3 aromatic rings. The molecule has 4 rings (SSSR count). The average molecular weight is 513 g/mol. The normalized spacial score (nSPS) is 14.0. The van der Waals surface area contributed by atoms with Crippen molar-refractivity contribution in [3.63, 3.8) is 0 Å². The van der Waals surface area contributed by atoms with E-state index in [9.17, 15) is 14.2 Å². The van der Waals surface area contributed by atoms with E-state index < -0.39 is 7.82 Å². The van der Waals surface area contributed by atoms with E-state index in [0.29, 0.717) is 24.3 Å². The van der Waals surface area contributed by atoms with Gasteiger partial charge in [0, 0.05) is 50.9 Å². The molecule has 11 heteroatoms. The summed E-state index contributed by atoms with van der Waals surface area (Å²) in [6.07, 6.45) is 5.45.